The highest BCUT2D eigenvalue weighted by molar-refractivity contribution is 5.24. The average molecular weight is 240 g/mol. The van der Waals surface area contributed by atoms with E-state index in [9.17, 15) is 0 Å². The molecule has 0 N–H and O–H groups in total. The Labute approximate surface area is 110 Å². The van der Waals surface area contributed by atoms with Gasteiger partial charge in [-0.3, -0.25) is 0 Å². The highest BCUT2D eigenvalue weighted by atomic mass is 14.7. The minimum Gasteiger partial charge on any atom is -0.0848 e. The lowest BCUT2D eigenvalue weighted by molar-refractivity contribution is 0.0330. The van der Waals surface area contributed by atoms with E-state index in [1.807, 2.05) is 0 Å². The van der Waals surface area contributed by atoms with Crippen molar-refractivity contribution in [3.63, 3.8) is 0 Å². The summed E-state index contributed by atoms with van der Waals surface area (Å²) in [4.78, 5) is 0. The fraction of sp³-hybridized carbons (Fsp3) is 0.889. The quantitative estimate of drug-likeness (QED) is 0.444. The van der Waals surface area contributed by atoms with Gasteiger partial charge in [-0.25, -0.2) is 0 Å². The van der Waals surface area contributed by atoms with Crippen LogP contribution in [-0.4, -0.2) is 0 Å². The van der Waals surface area contributed by atoms with Gasteiger partial charge in [0.1, 0.15) is 0 Å². The molecule has 0 spiro atoms. The molecule has 0 heterocycles. The molecule has 0 aromatic rings. The van der Waals surface area contributed by atoms with Crippen molar-refractivity contribution in [1.29, 1.82) is 0 Å². The Morgan fingerprint density at radius 2 is 1.39 bits per heavy atom. The Balaban J connectivity index is 1.46. The fourth-order valence-corrected chi connectivity index (χ4v) is 8.58. The first-order valence-electron chi connectivity index (χ1n) is 8.51. The first-order valence-corrected chi connectivity index (χ1v) is 8.51. The molecular weight excluding hydrogens is 216 g/mol. The fourth-order valence-electron chi connectivity index (χ4n) is 8.58. The van der Waals surface area contributed by atoms with Crippen molar-refractivity contribution in [2.45, 2.75) is 32.6 Å². The lowest BCUT2D eigenvalue weighted by atomic mass is 9.59. The summed E-state index contributed by atoms with van der Waals surface area (Å²) in [5, 5.41) is 0. The minimum absolute atomic E-state index is 1.02. The molecule has 6 aliphatic carbocycles. The molecule has 0 aliphatic heterocycles. The summed E-state index contributed by atoms with van der Waals surface area (Å²) < 4.78 is 0. The van der Waals surface area contributed by atoms with E-state index >= 15 is 0 Å². The number of allylic oxidation sites excluding steroid dienone is 2. The van der Waals surface area contributed by atoms with E-state index in [1.54, 1.807) is 25.7 Å². The van der Waals surface area contributed by atoms with Gasteiger partial charge in [0.05, 0.1) is 0 Å². The first-order chi connectivity index (χ1) is 8.83. The molecule has 0 aromatic heterocycles. The summed E-state index contributed by atoms with van der Waals surface area (Å²) in [7, 11) is 0. The van der Waals surface area contributed by atoms with Crippen LogP contribution < -0.4 is 0 Å². The molecule has 96 valence electrons. The van der Waals surface area contributed by atoms with Crippen molar-refractivity contribution in [3.05, 3.63) is 12.2 Å². The van der Waals surface area contributed by atoms with Gasteiger partial charge in [-0.2, -0.15) is 0 Å². The van der Waals surface area contributed by atoms with Crippen LogP contribution in [0.5, 0.6) is 0 Å². The van der Waals surface area contributed by atoms with Crippen LogP contribution in [0.3, 0.4) is 0 Å². The second kappa shape index (κ2) is 2.76. The zero-order chi connectivity index (χ0) is 11.6. The van der Waals surface area contributed by atoms with E-state index in [-0.39, 0.29) is 0 Å². The predicted octanol–water partition coefficient (Wildman–Crippen LogP) is 3.98. The SMILES string of the molecule is C[C@H]1CC2CC1C1C2[C@@H]2C[C@H]1C1C3C=CC(C3)C12. The van der Waals surface area contributed by atoms with E-state index in [1.165, 1.54) is 23.7 Å². The molecule has 5 fully saturated rings. The minimum atomic E-state index is 1.02. The van der Waals surface area contributed by atoms with E-state index in [0.29, 0.717) is 0 Å². The van der Waals surface area contributed by atoms with Gasteiger partial charge in [0.15, 0.2) is 0 Å². The summed E-state index contributed by atoms with van der Waals surface area (Å²) >= 11 is 0. The van der Waals surface area contributed by atoms with Crippen LogP contribution in [0, 0.1) is 65.1 Å². The monoisotopic (exact) mass is 240 g/mol. The standard InChI is InChI=1S/C18H24/c1-8-4-11-6-12(8)18-14-7-13(17(11)18)15-9-2-3-10(5-9)16(14)15/h2-3,8-18H,4-7H2,1H3/t8-,9?,10?,11?,12?,13+,14-,15?,16?,17?,18?/m0/s1. The normalized spacial score (nSPS) is 73.3. The zero-order valence-corrected chi connectivity index (χ0v) is 11.3. The molecule has 6 bridgehead atoms. The summed E-state index contributed by atoms with van der Waals surface area (Å²) in [5.41, 5.74) is 0. The number of hydrogen-bond acceptors (Lipinski definition) is 0. The van der Waals surface area contributed by atoms with Crippen molar-refractivity contribution in [2.24, 2.45) is 65.1 Å². The van der Waals surface area contributed by atoms with Crippen molar-refractivity contribution in [2.75, 3.05) is 0 Å². The Morgan fingerprint density at radius 1 is 0.667 bits per heavy atom. The summed E-state index contributed by atoms with van der Waals surface area (Å²) in [6.45, 7) is 2.56. The highest BCUT2D eigenvalue weighted by Gasteiger charge is 2.70. The summed E-state index contributed by atoms with van der Waals surface area (Å²) in [6.07, 6.45) is 11.6. The molecule has 18 heavy (non-hydrogen) atoms. The maximum Gasteiger partial charge on any atom is -0.0194 e. The van der Waals surface area contributed by atoms with Gasteiger partial charge in [0, 0.05) is 0 Å². The number of fused-ring (bicyclic) bond motifs is 16. The lowest BCUT2D eigenvalue weighted by Gasteiger charge is -2.45. The van der Waals surface area contributed by atoms with Crippen LogP contribution in [-0.2, 0) is 0 Å². The van der Waals surface area contributed by atoms with Crippen LogP contribution >= 0.6 is 0 Å². The Bertz CT molecular complexity index is 449. The van der Waals surface area contributed by atoms with Crippen LogP contribution in [0.4, 0.5) is 0 Å². The van der Waals surface area contributed by atoms with Crippen LogP contribution in [0.25, 0.3) is 0 Å². The Morgan fingerprint density at radius 3 is 2.17 bits per heavy atom. The van der Waals surface area contributed by atoms with Crippen molar-refractivity contribution < 1.29 is 0 Å². The summed E-state index contributed by atoms with van der Waals surface area (Å²) in [5.74, 6) is 12.5. The van der Waals surface area contributed by atoms with Crippen LogP contribution in [0.2, 0.25) is 0 Å². The van der Waals surface area contributed by atoms with Gasteiger partial charge in [-0.05, 0) is 90.8 Å². The third-order valence-corrected chi connectivity index (χ3v) is 8.57. The summed E-state index contributed by atoms with van der Waals surface area (Å²) in [6, 6.07) is 0. The number of rotatable bonds is 0. The van der Waals surface area contributed by atoms with E-state index in [0.717, 1.165) is 41.4 Å². The third kappa shape index (κ3) is 0.816. The second-order valence-electron chi connectivity index (χ2n) is 8.69. The van der Waals surface area contributed by atoms with Gasteiger partial charge < -0.3 is 0 Å². The highest BCUT2D eigenvalue weighted by Crippen LogP contribution is 2.76. The first kappa shape index (κ1) is 9.61. The zero-order valence-electron chi connectivity index (χ0n) is 11.3. The molecular formula is C18H24. The second-order valence-corrected chi connectivity index (χ2v) is 8.69. The van der Waals surface area contributed by atoms with E-state index < -0.39 is 0 Å². The molecule has 8 unspecified atom stereocenters. The topological polar surface area (TPSA) is 0 Å². The molecule has 6 aliphatic rings. The third-order valence-electron chi connectivity index (χ3n) is 8.57. The van der Waals surface area contributed by atoms with Gasteiger partial charge in [-0.15, -0.1) is 0 Å². The molecule has 0 amide bonds. The molecule has 0 heteroatoms. The van der Waals surface area contributed by atoms with Gasteiger partial charge in [0.2, 0.25) is 0 Å². The van der Waals surface area contributed by atoms with E-state index in [2.05, 4.69) is 19.1 Å². The average Bonchev–Trinajstić information content (AvgIpc) is 3.14. The molecule has 0 nitrogen and oxygen atoms in total. The number of hydrogen-bond donors (Lipinski definition) is 0. The van der Waals surface area contributed by atoms with Crippen molar-refractivity contribution in [1.82, 2.24) is 0 Å². The maximum absolute atomic E-state index is 2.61. The van der Waals surface area contributed by atoms with Gasteiger partial charge in [0.25, 0.3) is 0 Å². The van der Waals surface area contributed by atoms with E-state index in [4.69, 9.17) is 0 Å². The molecule has 11 atom stereocenters. The molecule has 6 rings (SSSR count). The molecule has 0 aromatic carbocycles. The molecule has 5 saturated carbocycles. The van der Waals surface area contributed by atoms with Gasteiger partial charge >= 0.3 is 0 Å². The predicted molar refractivity (Wildman–Crippen MR) is 71.7 cm³/mol. The maximum atomic E-state index is 2.61. The Kier molecular flexibility index (Phi) is 1.48. The van der Waals surface area contributed by atoms with Gasteiger partial charge in [-0.1, -0.05) is 19.1 Å². The van der Waals surface area contributed by atoms with Crippen molar-refractivity contribution >= 4 is 0 Å². The largest absolute Gasteiger partial charge is 0.0848 e. The lowest BCUT2D eigenvalue weighted by Crippen LogP contribution is -2.41. The molecule has 0 saturated heterocycles. The van der Waals surface area contributed by atoms with Crippen LogP contribution in [0.1, 0.15) is 32.6 Å². The Hall–Kier alpha value is -0.260. The molecule has 0 radical (unpaired) electrons. The van der Waals surface area contributed by atoms with Crippen LogP contribution in [0.15, 0.2) is 12.2 Å². The smallest absolute Gasteiger partial charge is 0.0194 e. The van der Waals surface area contributed by atoms with Crippen molar-refractivity contribution in [3.8, 4) is 0 Å².